The highest BCUT2D eigenvalue weighted by Gasteiger charge is 2.30. The fourth-order valence-electron chi connectivity index (χ4n) is 12.6. The van der Waals surface area contributed by atoms with Crippen LogP contribution in [0.1, 0.15) is 421 Å². The summed E-state index contributed by atoms with van der Waals surface area (Å²) in [5, 5.41) is 10.6. The van der Waals surface area contributed by atoms with Crippen LogP contribution in [0, 0.1) is 23.7 Å². The van der Waals surface area contributed by atoms with Crippen molar-refractivity contribution < 1.29 is 80.2 Å². The Kier molecular flexibility index (Phi) is 69.6. The van der Waals surface area contributed by atoms with Crippen LogP contribution in [0.25, 0.3) is 0 Å². The van der Waals surface area contributed by atoms with E-state index in [1.807, 2.05) is 0 Å². The van der Waals surface area contributed by atoms with Gasteiger partial charge in [-0.2, -0.15) is 0 Å². The number of hydrogen-bond donors (Lipinski definition) is 3. The summed E-state index contributed by atoms with van der Waals surface area (Å²) in [7, 11) is -9.92. The molecule has 0 fully saturated rings. The Labute approximate surface area is 619 Å². The Hall–Kier alpha value is -1.94. The standard InChI is InChI=1S/C82H160O17P2/c1-9-75(8)61-53-45-36-30-23-19-14-12-10-11-13-15-20-24-31-37-46-54-62-79(84)92-68-77(98-82(87)65-57-49-39-33-27-26-29-35-43-51-59-73(4)5)70-96-100(88,89)94-66-76(83)67-95-101(90,91)97-71-78(69-93-80(85)63-55-47-41-40-44-52-60-74(6)7)99-81(86)64-56-48-38-32-25-21-17-16-18-22-28-34-42-50-58-72(2)3/h72-78,83H,9-71H2,1-8H3,(H,88,89)(H,90,91)/t75?,76-,77-,78-/m1/s1. The van der Waals surface area contributed by atoms with Crippen molar-refractivity contribution in [3.63, 3.8) is 0 Å². The molecule has 0 radical (unpaired) electrons. The zero-order valence-electron chi connectivity index (χ0n) is 66.5. The molecular weight excluding hydrogens is 1320 g/mol. The van der Waals surface area contributed by atoms with Crippen LogP contribution < -0.4 is 0 Å². The van der Waals surface area contributed by atoms with Crippen molar-refractivity contribution >= 4 is 39.5 Å². The first-order valence-electron chi connectivity index (χ1n) is 42.2. The quantitative estimate of drug-likeness (QED) is 0.0222. The molecule has 600 valence electrons. The molecule has 3 unspecified atom stereocenters. The summed E-state index contributed by atoms with van der Waals surface area (Å²) >= 11 is 0. The van der Waals surface area contributed by atoms with E-state index < -0.39 is 97.5 Å². The molecule has 0 aromatic rings. The van der Waals surface area contributed by atoms with Gasteiger partial charge in [0.2, 0.25) is 0 Å². The smallest absolute Gasteiger partial charge is 0.462 e. The first-order chi connectivity index (χ1) is 48.6. The second-order valence-corrected chi connectivity index (χ2v) is 34.1. The number of hydrogen-bond acceptors (Lipinski definition) is 15. The third-order valence-electron chi connectivity index (χ3n) is 19.4. The number of rotatable bonds is 79. The van der Waals surface area contributed by atoms with Crippen molar-refractivity contribution in [2.24, 2.45) is 23.7 Å². The fraction of sp³-hybridized carbons (Fsp3) is 0.951. The van der Waals surface area contributed by atoms with Crippen molar-refractivity contribution in [3.8, 4) is 0 Å². The molecule has 0 saturated carbocycles. The maximum atomic E-state index is 13.1. The van der Waals surface area contributed by atoms with Gasteiger partial charge >= 0.3 is 39.5 Å². The summed E-state index contributed by atoms with van der Waals surface area (Å²) in [5.74, 6) is 0.984. The van der Waals surface area contributed by atoms with Gasteiger partial charge in [0.05, 0.1) is 26.4 Å². The van der Waals surface area contributed by atoms with Crippen molar-refractivity contribution in [1.29, 1.82) is 0 Å². The molecule has 0 aliphatic rings. The third kappa shape index (κ3) is 74.7. The minimum absolute atomic E-state index is 0.106. The molecule has 0 aromatic carbocycles. The van der Waals surface area contributed by atoms with Gasteiger partial charge in [0.15, 0.2) is 12.2 Å². The molecule has 0 spiro atoms. The van der Waals surface area contributed by atoms with Crippen molar-refractivity contribution in [1.82, 2.24) is 0 Å². The summed E-state index contributed by atoms with van der Waals surface area (Å²) in [4.78, 5) is 73.0. The molecule has 0 aromatic heterocycles. The second kappa shape index (κ2) is 71.0. The van der Waals surface area contributed by atoms with E-state index in [2.05, 4.69) is 55.4 Å². The van der Waals surface area contributed by atoms with Gasteiger partial charge in [0, 0.05) is 25.7 Å². The second-order valence-electron chi connectivity index (χ2n) is 31.2. The normalized spacial score (nSPS) is 14.3. The van der Waals surface area contributed by atoms with E-state index in [0.717, 1.165) is 114 Å². The molecule has 6 atom stereocenters. The molecule has 0 bridgehead atoms. The maximum Gasteiger partial charge on any atom is 0.472 e. The lowest BCUT2D eigenvalue weighted by molar-refractivity contribution is -0.161. The Bertz CT molecular complexity index is 1970. The van der Waals surface area contributed by atoms with Crippen LogP contribution in [0.2, 0.25) is 0 Å². The highest BCUT2D eigenvalue weighted by atomic mass is 31.2. The van der Waals surface area contributed by atoms with E-state index in [-0.39, 0.29) is 25.7 Å². The number of esters is 4. The summed E-state index contributed by atoms with van der Waals surface area (Å²) < 4.78 is 68.7. The highest BCUT2D eigenvalue weighted by Crippen LogP contribution is 2.45. The van der Waals surface area contributed by atoms with Gasteiger partial charge in [-0.1, -0.05) is 370 Å². The number of carbonyl (C=O) groups is 4. The van der Waals surface area contributed by atoms with E-state index >= 15 is 0 Å². The van der Waals surface area contributed by atoms with E-state index in [9.17, 15) is 43.2 Å². The van der Waals surface area contributed by atoms with Crippen LogP contribution in [0.5, 0.6) is 0 Å². The Balaban J connectivity index is 5.16. The number of unbranched alkanes of at least 4 members (excludes halogenated alkanes) is 44. The van der Waals surface area contributed by atoms with E-state index in [1.165, 1.54) is 218 Å². The zero-order valence-corrected chi connectivity index (χ0v) is 68.3. The lowest BCUT2D eigenvalue weighted by atomic mass is 9.99. The topological polar surface area (TPSA) is 237 Å². The zero-order chi connectivity index (χ0) is 74.6. The summed E-state index contributed by atoms with van der Waals surface area (Å²) in [6, 6.07) is 0. The Morgan fingerprint density at radius 3 is 0.703 bits per heavy atom. The molecule has 0 rings (SSSR count). The first-order valence-corrected chi connectivity index (χ1v) is 45.2. The SMILES string of the molecule is CCC(C)CCCCCCCCCCCCCCCCCCCCC(=O)OC[C@H](COP(=O)(O)OC[C@@H](O)COP(=O)(O)OC[C@@H](COC(=O)CCCCCCCCC(C)C)OC(=O)CCCCCCCCCCCCCCCCC(C)C)OC(=O)CCCCCCCCCCCCC(C)C. The van der Waals surface area contributed by atoms with Gasteiger partial charge in [0.25, 0.3) is 0 Å². The van der Waals surface area contributed by atoms with Gasteiger partial charge < -0.3 is 33.8 Å². The maximum absolute atomic E-state index is 13.1. The average Bonchev–Trinajstić information content (AvgIpc) is 0.965. The number of ether oxygens (including phenoxy) is 4. The van der Waals surface area contributed by atoms with E-state index in [0.29, 0.717) is 31.6 Å². The molecule has 0 aliphatic carbocycles. The molecule has 17 nitrogen and oxygen atoms in total. The Morgan fingerprint density at radius 2 is 0.475 bits per heavy atom. The molecule has 3 N–H and O–H groups in total. The molecule has 19 heteroatoms. The largest absolute Gasteiger partial charge is 0.472 e. The first kappa shape index (κ1) is 99.1. The summed E-state index contributed by atoms with van der Waals surface area (Å²) in [5.41, 5.74) is 0. The van der Waals surface area contributed by atoms with Gasteiger partial charge in [-0.15, -0.1) is 0 Å². The third-order valence-corrected chi connectivity index (χ3v) is 21.3. The minimum Gasteiger partial charge on any atom is -0.462 e. The average molecular weight is 1480 g/mol. The highest BCUT2D eigenvalue weighted by molar-refractivity contribution is 7.47. The van der Waals surface area contributed by atoms with Gasteiger partial charge in [-0.3, -0.25) is 37.3 Å². The number of aliphatic hydroxyl groups is 1. The number of phosphoric acid groups is 2. The van der Waals surface area contributed by atoms with Gasteiger partial charge in [0.1, 0.15) is 19.3 Å². The van der Waals surface area contributed by atoms with E-state index in [1.54, 1.807) is 0 Å². The fourth-order valence-corrected chi connectivity index (χ4v) is 14.2. The summed E-state index contributed by atoms with van der Waals surface area (Å²) in [6.07, 6.45) is 58.5. The van der Waals surface area contributed by atoms with Gasteiger partial charge in [-0.25, -0.2) is 9.13 Å². The number of carbonyl (C=O) groups excluding carboxylic acids is 4. The van der Waals surface area contributed by atoms with Gasteiger partial charge in [-0.05, 0) is 49.4 Å². The van der Waals surface area contributed by atoms with Crippen LogP contribution in [-0.4, -0.2) is 96.7 Å². The lowest BCUT2D eigenvalue weighted by Crippen LogP contribution is -2.30. The minimum atomic E-state index is -4.96. The molecule has 0 heterocycles. The predicted octanol–water partition coefficient (Wildman–Crippen LogP) is 24.4. The van der Waals surface area contributed by atoms with Crippen LogP contribution in [0.15, 0.2) is 0 Å². The predicted molar refractivity (Wildman–Crippen MR) is 414 cm³/mol. The van der Waals surface area contributed by atoms with Crippen molar-refractivity contribution in [3.05, 3.63) is 0 Å². The molecular formula is C82H160O17P2. The lowest BCUT2D eigenvalue weighted by Gasteiger charge is -2.21. The van der Waals surface area contributed by atoms with Crippen LogP contribution in [-0.2, 0) is 65.4 Å². The Morgan fingerprint density at radius 1 is 0.277 bits per heavy atom. The van der Waals surface area contributed by atoms with Crippen molar-refractivity contribution in [2.75, 3.05) is 39.6 Å². The number of phosphoric ester groups is 2. The van der Waals surface area contributed by atoms with Crippen molar-refractivity contribution in [2.45, 2.75) is 440 Å². The molecule has 101 heavy (non-hydrogen) atoms. The van der Waals surface area contributed by atoms with Crippen LogP contribution in [0.3, 0.4) is 0 Å². The molecule has 0 aliphatic heterocycles. The molecule has 0 saturated heterocycles. The monoisotopic (exact) mass is 1480 g/mol. The van der Waals surface area contributed by atoms with Crippen LogP contribution >= 0.6 is 15.6 Å². The van der Waals surface area contributed by atoms with Crippen LogP contribution in [0.4, 0.5) is 0 Å². The summed E-state index contributed by atoms with van der Waals surface area (Å²) in [6.45, 7) is 14.2. The molecule has 0 amide bonds. The van der Waals surface area contributed by atoms with E-state index in [4.69, 9.17) is 37.0 Å². The number of aliphatic hydroxyl groups excluding tert-OH is 1.